The fraction of sp³-hybridized carbons (Fsp3) is 0.250. The lowest BCUT2D eigenvalue weighted by molar-refractivity contribution is 1.29. The number of allylic oxidation sites excluding steroid dienone is 1. The van der Waals surface area contributed by atoms with Gasteiger partial charge in [-0.25, -0.2) is 0 Å². The predicted octanol–water partition coefficient (Wildman–Crippen LogP) is 0.602. The summed E-state index contributed by atoms with van der Waals surface area (Å²) in [5, 5.41) is 6.96. The first-order valence-electron chi connectivity index (χ1n) is 1.72. The first-order valence-corrected chi connectivity index (χ1v) is 1.72. The second-order valence-corrected chi connectivity index (χ2v) is 1.14. The number of hydrogen-bond donors (Lipinski definition) is 0. The van der Waals surface area contributed by atoms with E-state index in [1.165, 1.54) is 0 Å². The summed E-state index contributed by atoms with van der Waals surface area (Å²) in [7, 11) is 0. The third-order valence-electron chi connectivity index (χ3n) is 0.535. The summed E-state index contributed by atoms with van der Waals surface area (Å²) >= 11 is 0. The molecule has 2 heteroatoms. The molecule has 0 unspecified atom stereocenters. The molecule has 1 rings (SSSR count). The molecule has 6 heavy (non-hydrogen) atoms. The van der Waals surface area contributed by atoms with Gasteiger partial charge < -0.3 is 0 Å². The fourth-order valence-electron chi connectivity index (χ4n) is 0.252. The number of hydrogen-bond acceptors (Lipinski definition) is 2. The van der Waals surface area contributed by atoms with Crippen molar-refractivity contribution in [1.82, 2.24) is 0 Å². The largest absolute Gasteiger partial charge is 0.149 e. The lowest BCUT2D eigenvalue weighted by Gasteiger charge is -1.63. The molecule has 2 nitrogen and oxygen atoms in total. The van der Waals surface area contributed by atoms with Crippen LogP contribution in [0.4, 0.5) is 0 Å². The summed E-state index contributed by atoms with van der Waals surface area (Å²) in [6.45, 7) is 1.90. The molecule has 0 amide bonds. The number of nitrogens with zero attached hydrogens (tertiary/aromatic N) is 2. The van der Waals surface area contributed by atoms with Gasteiger partial charge in [0.05, 0.1) is 6.21 Å². The van der Waals surface area contributed by atoms with Gasteiger partial charge in [-0.2, -0.15) is 0 Å². The molecular formula is C4H4N2. The molecule has 0 saturated carbocycles. The third kappa shape index (κ3) is 0.374. The van der Waals surface area contributed by atoms with Crippen LogP contribution in [0, 0.1) is 0 Å². The zero-order valence-corrected chi connectivity index (χ0v) is 3.47. The quantitative estimate of drug-likeness (QED) is 0.407. The normalized spacial score (nSPS) is 15.8. The summed E-state index contributed by atoms with van der Waals surface area (Å²) in [5.41, 5.74) is 0.995. The maximum Gasteiger partial charge on any atom is 0.0626 e. The molecule has 0 aromatic heterocycles. The molecule has 1 aliphatic rings. The van der Waals surface area contributed by atoms with Crippen LogP contribution in [-0.4, -0.2) is 12.1 Å². The van der Waals surface area contributed by atoms with Crippen LogP contribution < -0.4 is 0 Å². The maximum absolute atomic E-state index is 3.52. The average Bonchev–Trinajstić information content (AvgIpc) is 1.86. The predicted molar refractivity (Wildman–Crippen MR) is 25.1 cm³/mol. The van der Waals surface area contributed by atoms with E-state index in [0.717, 1.165) is 5.57 Å². The van der Waals surface area contributed by atoms with Gasteiger partial charge in [0.25, 0.3) is 0 Å². The summed E-state index contributed by atoms with van der Waals surface area (Å²) in [6, 6.07) is 0. The van der Waals surface area contributed by atoms with Crippen molar-refractivity contribution < 1.29 is 0 Å². The Kier molecular flexibility index (Phi) is 0.592. The topological polar surface area (TPSA) is 24.7 Å². The van der Waals surface area contributed by atoms with Gasteiger partial charge in [0.2, 0.25) is 0 Å². The molecule has 0 fully saturated rings. The Balaban J connectivity index is 2.98. The molecule has 0 N–H and O–H groups in total. The second-order valence-electron chi connectivity index (χ2n) is 1.14. The molecule has 0 aromatic rings. The van der Waals surface area contributed by atoms with E-state index in [2.05, 4.69) is 16.1 Å². The lowest BCUT2D eigenvalue weighted by Crippen LogP contribution is -1.66. The lowest BCUT2D eigenvalue weighted by atomic mass is 10.4. The molecule has 0 aliphatic carbocycles. The first kappa shape index (κ1) is 3.32. The summed E-state index contributed by atoms with van der Waals surface area (Å²) in [5.74, 6) is 2.64. The van der Waals surface area contributed by atoms with Crippen LogP contribution in [0.15, 0.2) is 15.8 Å². The Labute approximate surface area is 35.9 Å². The van der Waals surface area contributed by atoms with Crippen molar-refractivity contribution >= 4 is 12.1 Å². The standard InChI is InChI=1S/C4H4N2/c1-4-2-5-6-3-4/h2H,1H3. The third-order valence-corrected chi connectivity index (χ3v) is 0.535. The first-order chi connectivity index (χ1) is 2.89. The van der Waals surface area contributed by atoms with Crippen LogP contribution in [0.3, 0.4) is 0 Å². The Morgan fingerprint density at radius 2 is 2.67 bits per heavy atom. The molecule has 1 aliphatic heterocycles. The highest BCUT2D eigenvalue weighted by Crippen LogP contribution is 1.84. The molecule has 0 radical (unpaired) electrons. The van der Waals surface area contributed by atoms with Crippen molar-refractivity contribution in [3.63, 3.8) is 0 Å². The van der Waals surface area contributed by atoms with Gasteiger partial charge in [-0.05, 0) is 6.92 Å². The van der Waals surface area contributed by atoms with E-state index in [4.69, 9.17) is 0 Å². The van der Waals surface area contributed by atoms with Crippen LogP contribution in [0.25, 0.3) is 0 Å². The molecular weight excluding hydrogens is 76.1 g/mol. The molecule has 0 bridgehead atoms. The molecule has 0 spiro atoms. The minimum Gasteiger partial charge on any atom is -0.149 e. The van der Waals surface area contributed by atoms with Gasteiger partial charge in [-0.15, -0.1) is 10.2 Å². The Hall–Kier alpha value is -0.880. The SMILES string of the molecule is CC1=C=NN=C1. The maximum atomic E-state index is 3.52. The highest BCUT2D eigenvalue weighted by Gasteiger charge is 1.80. The summed E-state index contributed by atoms with van der Waals surface area (Å²) < 4.78 is 0. The van der Waals surface area contributed by atoms with Gasteiger partial charge in [0.15, 0.2) is 0 Å². The summed E-state index contributed by atoms with van der Waals surface area (Å²) in [4.78, 5) is 0. The molecule has 1 heterocycles. The highest BCUT2D eigenvalue weighted by atomic mass is 15.2. The summed E-state index contributed by atoms with van der Waals surface area (Å²) in [6.07, 6.45) is 1.67. The van der Waals surface area contributed by atoms with Crippen molar-refractivity contribution in [2.45, 2.75) is 6.92 Å². The Morgan fingerprint density at radius 1 is 1.83 bits per heavy atom. The molecule has 30 valence electrons. The highest BCUT2D eigenvalue weighted by molar-refractivity contribution is 5.92. The fourth-order valence-corrected chi connectivity index (χ4v) is 0.252. The molecule has 0 saturated heterocycles. The van der Waals surface area contributed by atoms with Gasteiger partial charge in [-0.3, -0.25) is 0 Å². The zero-order valence-electron chi connectivity index (χ0n) is 3.47. The Bertz CT molecular complexity index is 138. The number of rotatable bonds is 0. The average molecular weight is 80.1 g/mol. The van der Waals surface area contributed by atoms with Crippen LogP contribution in [-0.2, 0) is 0 Å². The van der Waals surface area contributed by atoms with E-state index >= 15 is 0 Å². The van der Waals surface area contributed by atoms with Gasteiger partial charge >= 0.3 is 0 Å². The van der Waals surface area contributed by atoms with E-state index in [0.29, 0.717) is 0 Å². The van der Waals surface area contributed by atoms with E-state index in [9.17, 15) is 0 Å². The van der Waals surface area contributed by atoms with E-state index < -0.39 is 0 Å². The van der Waals surface area contributed by atoms with E-state index in [-0.39, 0.29) is 0 Å². The van der Waals surface area contributed by atoms with Crippen LogP contribution in [0.5, 0.6) is 0 Å². The van der Waals surface area contributed by atoms with Gasteiger partial charge in [0, 0.05) is 11.4 Å². The zero-order chi connectivity index (χ0) is 4.41. The van der Waals surface area contributed by atoms with Crippen molar-refractivity contribution in [1.29, 1.82) is 0 Å². The van der Waals surface area contributed by atoms with Crippen LogP contribution in [0.1, 0.15) is 6.92 Å². The minimum absolute atomic E-state index is 0.995. The minimum atomic E-state index is 0.995. The smallest absolute Gasteiger partial charge is 0.0626 e. The van der Waals surface area contributed by atoms with E-state index in [1.807, 2.05) is 6.92 Å². The van der Waals surface area contributed by atoms with Crippen molar-refractivity contribution in [2.24, 2.45) is 10.2 Å². The van der Waals surface area contributed by atoms with Crippen molar-refractivity contribution in [3.8, 4) is 0 Å². The van der Waals surface area contributed by atoms with Gasteiger partial charge in [0.1, 0.15) is 0 Å². The molecule has 0 atom stereocenters. The van der Waals surface area contributed by atoms with Crippen LogP contribution in [0.2, 0.25) is 0 Å². The molecule has 0 aromatic carbocycles. The van der Waals surface area contributed by atoms with Crippen LogP contribution >= 0.6 is 0 Å². The Morgan fingerprint density at radius 3 is 2.83 bits per heavy atom. The monoisotopic (exact) mass is 80.0 g/mol. The van der Waals surface area contributed by atoms with Crippen molar-refractivity contribution in [2.75, 3.05) is 0 Å². The van der Waals surface area contributed by atoms with Crippen molar-refractivity contribution in [3.05, 3.63) is 5.57 Å². The van der Waals surface area contributed by atoms with E-state index in [1.54, 1.807) is 6.21 Å². The second kappa shape index (κ2) is 1.07. The van der Waals surface area contributed by atoms with Gasteiger partial charge in [-0.1, -0.05) is 0 Å².